The molecule has 0 radical (unpaired) electrons. The second-order valence-corrected chi connectivity index (χ2v) is 4.30. The fraction of sp³-hybridized carbons (Fsp3) is 0.727. The molecule has 1 rings (SSSR count). The fourth-order valence-electron chi connectivity index (χ4n) is 1.15. The molecule has 7 heteroatoms. The maximum Gasteiger partial charge on any atom is 0.315 e. The van der Waals surface area contributed by atoms with Crippen LogP contribution in [0.5, 0.6) is 0 Å². The zero-order valence-corrected chi connectivity index (χ0v) is 11.4. The van der Waals surface area contributed by atoms with Gasteiger partial charge in [-0.1, -0.05) is 18.9 Å². The molecule has 0 aliphatic rings. The third kappa shape index (κ3) is 4.70. The standard InChI is InChI=1S/C11H21N5O2/c1-5-16(4)10(17)7-13-11-15-14-9(18-11)6-12-8(2)3/h8,12H,5-7H2,1-4H3,(H,13,15). The van der Waals surface area contributed by atoms with E-state index in [4.69, 9.17) is 4.42 Å². The lowest BCUT2D eigenvalue weighted by Crippen LogP contribution is -2.31. The SMILES string of the molecule is CCN(C)C(=O)CNc1nnc(CNC(C)C)o1. The molecule has 1 heterocycles. The Balaban J connectivity index is 2.37. The van der Waals surface area contributed by atoms with E-state index in [0.29, 0.717) is 25.0 Å². The van der Waals surface area contributed by atoms with Gasteiger partial charge < -0.3 is 20.0 Å². The first-order chi connectivity index (χ1) is 8.52. The van der Waals surface area contributed by atoms with E-state index in [0.717, 1.165) is 0 Å². The van der Waals surface area contributed by atoms with E-state index in [1.807, 2.05) is 20.8 Å². The molecule has 102 valence electrons. The van der Waals surface area contributed by atoms with Crippen LogP contribution < -0.4 is 10.6 Å². The molecule has 2 N–H and O–H groups in total. The molecule has 0 fully saturated rings. The predicted octanol–water partition coefficient (Wildman–Crippen LogP) is 0.458. The molecule has 1 aromatic rings. The van der Waals surface area contributed by atoms with Crippen LogP contribution in [-0.2, 0) is 11.3 Å². The molecule has 18 heavy (non-hydrogen) atoms. The van der Waals surface area contributed by atoms with Crippen LogP contribution in [0.15, 0.2) is 4.42 Å². The highest BCUT2D eigenvalue weighted by Crippen LogP contribution is 2.05. The number of aromatic nitrogens is 2. The van der Waals surface area contributed by atoms with Crippen molar-refractivity contribution < 1.29 is 9.21 Å². The van der Waals surface area contributed by atoms with Crippen LogP contribution >= 0.6 is 0 Å². The smallest absolute Gasteiger partial charge is 0.315 e. The summed E-state index contributed by atoms with van der Waals surface area (Å²) in [6, 6.07) is 0.626. The molecular weight excluding hydrogens is 234 g/mol. The second-order valence-electron chi connectivity index (χ2n) is 4.30. The summed E-state index contributed by atoms with van der Waals surface area (Å²) in [5.74, 6) is 0.486. The van der Waals surface area contributed by atoms with Gasteiger partial charge in [0, 0.05) is 19.6 Å². The fourth-order valence-corrected chi connectivity index (χ4v) is 1.15. The summed E-state index contributed by atoms with van der Waals surface area (Å²) in [5, 5.41) is 13.7. The van der Waals surface area contributed by atoms with Crippen LogP contribution in [0, 0.1) is 0 Å². The molecule has 7 nitrogen and oxygen atoms in total. The monoisotopic (exact) mass is 255 g/mol. The number of amides is 1. The third-order valence-corrected chi connectivity index (χ3v) is 2.42. The van der Waals surface area contributed by atoms with Gasteiger partial charge in [0.1, 0.15) is 0 Å². The van der Waals surface area contributed by atoms with Gasteiger partial charge in [-0.15, -0.1) is 5.10 Å². The summed E-state index contributed by atoms with van der Waals surface area (Å²) in [6.07, 6.45) is 0. The van der Waals surface area contributed by atoms with Crippen molar-refractivity contribution in [2.75, 3.05) is 25.5 Å². The summed E-state index contributed by atoms with van der Waals surface area (Å²) < 4.78 is 5.33. The largest absolute Gasteiger partial charge is 0.407 e. The summed E-state index contributed by atoms with van der Waals surface area (Å²) in [7, 11) is 1.75. The highest BCUT2D eigenvalue weighted by atomic mass is 16.4. The average Bonchev–Trinajstić information content (AvgIpc) is 2.80. The van der Waals surface area contributed by atoms with Crippen LogP contribution in [-0.4, -0.2) is 47.2 Å². The van der Waals surface area contributed by atoms with Crippen molar-refractivity contribution in [1.82, 2.24) is 20.4 Å². The number of hydrogen-bond acceptors (Lipinski definition) is 6. The number of nitrogens with one attached hydrogen (secondary N) is 2. The van der Waals surface area contributed by atoms with Crippen molar-refractivity contribution in [1.29, 1.82) is 0 Å². The predicted molar refractivity (Wildman–Crippen MR) is 68.1 cm³/mol. The number of carbonyl (C=O) groups is 1. The van der Waals surface area contributed by atoms with Gasteiger partial charge in [0.05, 0.1) is 13.1 Å². The quantitative estimate of drug-likeness (QED) is 0.736. The summed E-state index contributed by atoms with van der Waals surface area (Å²) >= 11 is 0. The molecule has 1 amide bonds. The van der Waals surface area contributed by atoms with Gasteiger partial charge in [0.15, 0.2) is 0 Å². The Morgan fingerprint density at radius 1 is 1.44 bits per heavy atom. The lowest BCUT2D eigenvalue weighted by atomic mass is 10.4. The van der Waals surface area contributed by atoms with Crippen LogP contribution in [0.4, 0.5) is 6.01 Å². The van der Waals surface area contributed by atoms with Gasteiger partial charge in [-0.2, -0.15) is 0 Å². The number of hydrogen-bond donors (Lipinski definition) is 2. The second kappa shape index (κ2) is 6.95. The molecule has 1 aromatic heterocycles. The zero-order chi connectivity index (χ0) is 13.5. The number of carbonyl (C=O) groups excluding carboxylic acids is 1. The van der Waals surface area contributed by atoms with E-state index in [2.05, 4.69) is 20.8 Å². The third-order valence-electron chi connectivity index (χ3n) is 2.42. The van der Waals surface area contributed by atoms with Gasteiger partial charge >= 0.3 is 6.01 Å². The van der Waals surface area contributed by atoms with Crippen molar-refractivity contribution >= 4 is 11.9 Å². The summed E-state index contributed by atoms with van der Waals surface area (Å²) in [6.45, 7) is 7.34. The number of anilines is 1. The van der Waals surface area contributed by atoms with Gasteiger partial charge in [0.25, 0.3) is 0 Å². The van der Waals surface area contributed by atoms with Crippen LogP contribution in [0.3, 0.4) is 0 Å². The Bertz CT molecular complexity index is 377. The van der Waals surface area contributed by atoms with Crippen molar-refractivity contribution in [3.05, 3.63) is 5.89 Å². The molecule has 0 aliphatic heterocycles. The molecular formula is C11H21N5O2. The molecule has 0 aliphatic carbocycles. The van der Waals surface area contributed by atoms with Gasteiger partial charge in [-0.3, -0.25) is 4.79 Å². The Morgan fingerprint density at radius 3 is 2.78 bits per heavy atom. The van der Waals surface area contributed by atoms with Crippen LogP contribution in [0.1, 0.15) is 26.7 Å². The van der Waals surface area contributed by atoms with Crippen molar-refractivity contribution in [2.45, 2.75) is 33.4 Å². The van der Waals surface area contributed by atoms with Crippen molar-refractivity contribution in [2.24, 2.45) is 0 Å². The van der Waals surface area contributed by atoms with E-state index in [9.17, 15) is 4.79 Å². The van der Waals surface area contributed by atoms with E-state index in [1.54, 1.807) is 11.9 Å². The Hall–Kier alpha value is -1.63. The highest BCUT2D eigenvalue weighted by molar-refractivity contribution is 5.79. The molecule has 0 saturated heterocycles. The Labute approximate surface area is 107 Å². The maximum atomic E-state index is 11.5. The molecule has 0 atom stereocenters. The topological polar surface area (TPSA) is 83.3 Å². The van der Waals surface area contributed by atoms with Crippen LogP contribution in [0.25, 0.3) is 0 Å². The van der Waals surface area contributed by atoms with Gasteiger partial charge in [-0.05, 0) is 6.92 Å². The normalized spacial score (nSPS) is 10.7. The van der Waals surface area contributed by atoms with Crippen molar-refractivity contribution in [3.8, 4) is 0 Å². The molecule has 0 unspecified atom stereocenters. The Morgan fingerprint density at radius 2 is 2.17 bits per heavy atom. The summed E-state index contributed by atoms with van der Waals surface area (Å²) in [4.78, 5) is 13.1. The number of likely N-dealkylation sites (N-methyl/N-ethyl adjacent to an activating group) is 1. The lowest BCUT2D eigenvalue weighted by molar-refractivity contribution is -0.127. The first-order valence-electron chi connectivity index (χ1n) is 6.06. The van der Waals surface area contributed by atoms with E-state index in [-0.39, 0.29) is 18.5 Å². The van der Waals surface area contributed by atoms with E-state index < -0.39 is 0 Å². The minimum absolute atomic E-state index is 0.0162. The van der Waals surface area contributed by atoms with Crippen LogP contribution in [0.2, 0.25) is 0 Å². The van der Waals surface area contributed by atoms with Crippen molar-refractivity contribution in [3.63, 3.8) is 0 Å². The molecule has 0 saturated carbocycles. The summed E-state index contributed by atoms with van der Waals surface area (Å²) in [5.41, 5.74) is 0. The van der Waals surface area contributed by atoms with E-state index in [1.165, 1.54) is 0 Å². The molecule has 0 bridgehead atoms. The van der Waals surface area contributed by atoms with Gasteiger partial charge in [0.2, 0.25) is 11.8 Å². The first kappa shape index (κ1) is 14.4. The maximum absolute atomic E-state index is 11.5. The van der Waals surface area contributed by atoms with Gasteiger partial charge in [-0.25, -0.2) is 0 Å². The number of rotatable bonds is 7. The minimum atomic E-state index is -0.0162. The number of nitrogens with zero attached hydrogens (tertiary/aromatic N) is 3. The first-order valence-corrected chi connectivity index (χ1v) is 6.06. The lowest BCUT2D eigenvalue weighted by Gasteiger charge is -2.13. The Kier molecular flexibility index (Phi) is 5.57. The van der Waals surface area contributed by atoms with E-state index >= 15 is 0 Å². The highest BCUT2D eigenvalue weighted by Gasteiger charge is 2.10. The average molecular weight is 255 g/mol. The molecule has 0 spiro atoms. The molecule has 0 aromatic carbocycles. The zero-order valence-electron chi connectivity index (χ0n) is 11.4. The minimum Gasteiger partial charge on any atom is -0.407 e.